The Morgan fingerprint density at radius 2 is 1.61 bits per heavy atom. The van der Waals surface area contributed by atoms with Gasteiger partial charge in [-0.15, -0.1) is 0 Å². The number of sulfonamides is 1. The molecule has 1 atom stereocenters. The molecule has 0 bridgehead atoms. The van der Waals surface area contributed by atoms with Gasteiger partial charge in [0.15, 0.2) is 9.84 Å². The number of nitrogens with zero attached hydrogens (tertiary/aromatic N) is 1. The van der Waals surface area contributed by atoms with Gasteiger partial charge in [-0.2, -0.15) is 0 Å². The number of hydrogen-bond donors (Lipinski definition) is 1. The first-order valence-corrected chi connectivity index (χ1v) is 12.3. The fourth-order valence-electron chi connectivity index (χ4n) is 2.44. The molecular weight excluding hydrogens is 424 g/mol. The summed E-state index contributed by atoms with van der Waals surface area (Å²) in [5, 5.41) is 2.90. The largest absolute Gasteiger partial charge is 0.345 e. The zero-order valence-electron chi connectivity index (χ0n) is 15.8. The number of carbonyl (C=O) groups is 1. The highest BCUT2D eigenvalue weighted by Gasteiger charge is 2.18. The number of anilines is 1. The summed E-state index contributed by atoms with van der Waals surface area (Å²) in [5.41, 5.74) is 1.27. The molecule has 1 unspecified atom stereocenters. The average Bonchev–Trinajstić information content (AvgIpc) is 2.59. The van der Waals surface area contributed by atoms with Crippen LogP contribution in [0, 0.1) is 0 Å². The van der Waals surface area contributed by atoms with E-state index in [1.54, 1.807) is 19.1 Å². The molecule has 1 amide bonds. The molecule has 1 N–H and O–H groups in total. The number of benzene rings is 2. The van der Waals surface area contributed by atoms with Crippen LogP contribution in [-0.4, -0.2) is 42.3 Å². The van der Waals surface area contributed by atoms with Crippen molar-refractivity contribution in [1.29, 1.82) is 0 Å². The first-order valence-electron chi connectivity index (χ1n) is 8.15. The number of halogens is 1. The Morgan fingerprint density at radius 3 is 2.07 bits per heavy atom. The number of nitrogens with one attached hydrogen (secondary N) is 1. The maximum Gasteiger partial charge on any atom is 0.253 e. The van der Waals surface area contributed by atoms with Crippen LogP contribution < -0.4 is 9.62 Å². The van der Waals surface area contributed by atoms with E-state index in [4.69, 9.17) is 11.6 Å². The predicted molar refractivity (Wildman–Crippen MR) is 110 cm³/mol. The smallest absolute Gasteiger partial charge is 0.253 e. The molecular formula is C18H21ClN2O5S2. The SMILES string of the molecule is CC(NC(=O)c1ccc(N(C)S(C)(=O)=O)cc1Cl)c1ccc(S(C)(=O)=O)cc1. The number of carbonyl (C=O) groups excluding carboxylic acids is 1. The Hall–Kier alpha value is -2.10. The van der Waals surface area contributed by atoms with Crippen LogP contribution in [0.4, 0.5) is 5.69 Å². The lowest BCUT2D eigenvalue weighted by molar-refractivity contribution is 0.0940. The summed E-state index contributed by atoms with van der Waals surface area (Å²) in [6.07, 6.45) is 2.19. The van der Waals surface area contributed by atoms with E-state index >= 15 is 0 Å². The zero-order chi connectivity index (χ0) is 21.3. The standard InChI is InChI=1S/C18H21ClN2O5S2/c1-12(13-5-8-15(9-6-13)27(3,23)24)20-18(22)16-10-7-14(11-17(16)19)21(2)28(4,25)26/h5-12H,1-4H3,(H,20,22). The van der Waals surface area contributed by atoms with Gasteiger partial charge in [-0.25, -0.2) is 16.8 Å². The minimum atomic E-state index is -3.44. The van der Waals surface area contributed by atoms with Crippen LogP contribution in [0.15, 0.2) is 47.4 Å². The molecule has 0 aliphatic rings. The average molecular weight is 445 g/mol. The maximum atomic E-state index is 12.5. The number of rotatable bonds is 6. The van der Waals surface area contributed by atoms with Crippen molar-refractivity contribution in [2.45, 2.75) is 17.9 Å². The van der Waals surface area contributed by atoms with E-state index in [0.717, 1.165) is 22.4 Å². The molecule has 0 saturated carbocycles. The molecule has 28 heavy (non-hydrogen) atoms. The van der Waals surface area contributed by atoms with Gasteiger partial charge in [0.1, 0.15) is 0 Å². The van der Waals surface area contributed by atoms with E-state index < -0.39 is 31.8 Å². The minimum Gasteiger partial charge on any atom is -0.345 e. The summed E-state index contributed by atoms with van der Waals surface area (Å²) in [7, 11) is -5.34. The molecule has 0 spiro atoms. The van der Waals surface area contributed by atoms with Gasteiger partial charge in [-0.1, -0.05) is 23.7 Å². The maximum absolute atomic E-state index is 12.5. The topological polar surface area (TPSA) is 101 Å². The molecule has 0 radical (unpaired) electrons. The molecule has 0 saturated heterocycles. The van der Waals surface area contributed by atoms with Crippen molar-refractivity contribution in [1.82, 2.24) is 5.32 Å². The predicted octanol–water partition coefficient (Wildman–Crippen LogP) is 2.63. The third-order valence-corrected chi connectivity index (χ3v) is 6.86. The van der Waals surface area contributed by atoms with Crippen LogP contribution in [0.3, 0.4) is 0 Å². The number of hydrogen-bond acceptors (Lipinski definition) is 5. The lowest BCUT2D eigenvalue weighted by Crippen LogP contribution is -2.27. The van der Waals surface area contributed by atoms with Crippen LogP contribution in [0.5, 0.6) is 0 Å². The fraction of sp³-hybridized carbons (Fsp3) is 0.278. The summed E-state index contributed by atoms with van der Waals surface area (Å²) in [4.78, 5) is 12.7. The normalized spacial score (nSPS) is 13.0. The number of amides is 1. The van der Waals surface area contributed by atoms with Gasteiger partial charge in [-0.05, 0) is 42.8 Å². The highest BCUT2D eigenvalue weighted by Crippen LogP contribution is 2.25. The quantitative estimate of drug-likeness (QED) is 0.738. The van der Waals surface area contributed by atoms with Crippen LogP contribution in [-0.2, 0) is 19.9 Å². The molecule has 7 nitrogen and oxygen atoms in total. The molecule has 0 heterocycles. The Morgan fingerprint density at radius 1 is 1.04 bits per heavy atom. The monoisotopic (exact) mass is 444 g/mol. The first-order chi connectivity index (χ1) is 12.8. The summed E-state index contributed by atoms with van der Waals surface area (Å²) >= 11 is 6.17. The summed E-state index contributed by atoms with van der Waals surface area (Å²) in [6, 6.07) is 10.2. The molecule has 10 heteroatoms. The van der Waals surface area contributed by atoms with Crippen molar-refractivity contribution in [3.8, 4) is 0 Å². The summed E-state index contributed by atoms with van der Waals surface area (Å²) in [6.45, 7) is 1.76. The van der Waals surface area contributed by atoms with Crippen LogP contribution in [0.1, 0.15) is 28.9 Å². The van der Waals surface area contributed by atoms with Gasteiger partial charge in [0.2, 0.25) is 10.0 Å². The fourth-order valence-corrected chi connectivity index (χ4v) is 3.82. The minimum absolute atomic E-state index is 0.116. The van der Waals surface area contributed by atoms with Crippen LogP contribution in [0.25, 0.3) is 0 Å². The molecule has 2 aromatic carbocycles. The lowest BCUT2D eigenvalue weighted by atomic mass is 10.1. The van der Waals surface area contributed by atoms with Crippen molar-refractivity contribution in [2.75, 3.05) is 23.9 Å². The van der Waals surface area contributed by atoms with Crippen molar-refractivity contribution in [3.63, 3.8) is 0 Å². The molecule has 0 aromatic heterocycles. The van der Waals surface area contributed by atoms with Crippen molar-refractivity contribution >= 4 is 43.1 Å². The second-order valence-corrected chi connectivity index (χ2v) is 10.9. The Kier molecular flexibility index (Phi) is 6.42. The van der Waals surface area contributed by atoms with Crippen molar-refractivity contribution in [2.24, 2.45) is 0 Å². The van der Waals surface area contributed by atoms with E-state index in [2.05, 4.69) is 5.32 Å². The Bertz CT molecular complexity index is 1100. The van der Waals surface area contributed by atoms with E-state index in [0.29, 0.717) is 5.69 Å². The second-order valence-electron chi connectivity index (χ2n) is 6.43. The van der Waals surface area contributed by atoms with E-state index in [1.807, 2.05) is 0 Å². The van der Waals surface area contributed by atoms with Crippen molar-refractivity contribution in [3.05, 3.63) is 58.6 Å². The van der Waals surface area contributed by atoms with Gasteiger partial charge >= 0.3 is 0 Å². The first kappa shape index (κ1) is 22.2. The second kappa shape index (κ2) is 8.10. The highest BCUT2D eigenvalue weighted by molar-refractivity contribution is 7.92. The van der Waals surface area contributed by atoms with E-state index in [9.17, 15) is 21.6 Å². The molecule has 2 rings (SSSR count). The number of sulfone groups is 1. The van der Waals surface area contributed by atoms with Crippen LogP contribution >= 0.6 is 11.6 Å². The van der Waals surface area contributed by atoms with Crippen LogP contribution in [0.2, 0.25) is 5.02 Å². The van der Waals surface area contributed by atoms with Gasteiger partial charge in [-0.3, -0.25) is 9.10 Å². The van der Waals surface area contributed by atoms with Gasteiger partial charge < -0.3 is 5.32 Å². The van der Waals surface area contributed by atoms with Gasteiger partial charge in [0, 0.05) is 13.3 Å². The van der Waals surface area contributed by atoms with E-state index in [-0.39, 0.29) is 15.5 Å². The van der Waals surface area contributed by atoms with Gasteiger partial charge in [0.05, 0.1) is 33.5 Å². The Labute approximate surface area is 170 Å². The van der Waals surface area contributed by atoms with Gasteiger partial charge in [0.25, 0.3) is 5.91 Å². The third kappa shape index (κ3) is 5.24. The Balaban J connectivity index is 2.18. The molecule has 0 fully saturated rings. The summed E-state index contributed by atoms with van der Waals surface area (Å²) in [5.74, 6) is -0.432. The molecule has 0 aliphatic carbocycles. The third-order valence-electron chi connectivity index (χ3n) is 4.21. The lowest BCUT2D eigenvalue weighted by Gasteiger charge is -2.18. The summed E-state index contributed by atoms with van der Waals surface area (Å²) < 4.78 is 47.3. The van der Waals surface area contributed by atoms with Crippen molar-refractivity contribution < 1.29 is 21.6 Å². The molecule has 152 valence electrons. The van der Waals surface area contributed by atoms with E-state index in [1.165, 1.54) is 37.4 Å². The molecule has 2 aromatic rings. The zero-order valence-corrected chi connectivity index (χ0v) is 18.2. The molecule has 0 aliphatic heterocycles. The highest BCUT2D eigenvalue weighted by atomic mass is 35.5.